The Hall–Kier alpha value is -2.43. The van der Waals surface area contributed by atoms with Crippen LogP contribution in [0.15, 0.2) is 23.6 Å². The van der Waals surface area contributed by atoms with Crippen molar-refractivity contribution < 1.29 is 8.42 Å². The van der Waals surface area contributed by atoms with Crippen molar-refractivity contribution in [3.8, 4) is 0 Å². The molecule has 5 heterocycles. The number of fused-ring (bicyclic) bond motifs is 4. The number of rotatable bonds is 3. The first-order chi connectivity index (χ1) is 13.0. The van der Waals surface area contributed by atoms with Gasteiger partial charge in [-0.15, -0.1) is 11.3 Å². The lowest BCUT2D eigenvalue weighted by molar-refractivity contribution is 0.400. The monoisotopic (exact) mass is 400 g/mol. The number of anilines is 2. The van der Waals surface area contributed by atoms with Crippen LogP contribution >= 0.6 is 11.3 Å². The molecular formula is C17H16N6O2S2. The van der Waals surface area contributed by atoms with Gasteiger partial charge in [-0.25, -0.2) is 23.4 Å². The van der Waals surface area contributed by atoms with E-state index in [9.17, 15) is 8.42 Å². The van der Waals surface area contributed by atoms with Gasteiger partial charge in [0.25, 0.3) is 0 Å². The maximum Gasteiger partial charge on any atom is 0.211 e. The van der Waals surface area contributed by atoms with E-state index in [0.29, 0.717) is 37.7 Å². The Kier molecular flexibility index (Phi) is 3.74. The van der Waals surface area contributed by atoms with E-state index >= 15 is 0 Å². The van der Waals surface area contributed by atoms with Crippen LogP contribution in [-0.2, 0) is 29.5 Å². The Morgan fingerprint density at radius 1 is 1.26 bits per heavy atom. The maximum absolute atomic E-state index is 11.9. The summed E-state index contributed by atoms with van der Waals surface area (Å²) in [5, 5.41) is 4.27. The minimum absolute atomic E-state index is 0.391. The number of aromatic nitrogens is 3. The largest absolute Gasteiger partial charge is 0.324 e. The van der Waals surface area contributed by atoms with Gasteiger partial charge < -0.3 is 5.32 Å². The van der Waals surface area contributed by atoms with Crippen LogP contribution in [0.3, 0.4) is 0 Å². The fraction of sp³-hybridized carbons (Fsp3) is 0.294. The maximum atomic E-state index is 11.9. The van der Waals surface area contributed by atoms with Crippen LogP contribution in [-0.4, -0.2) is 46.7 Å². The predicted octanol–water partition coefficient (Wildman–Crippen LogP) is 2.08. The summed E-state index contributed by atoms with van der Waals surface area (Å²) in [6.07, 6.45) is 7.10. The van der Waals surface area contributed by atoms with E-state index in [1.165, 1.54) is 28.2 Å². The number of thiophene rings is 1. The van der Waals surface area contributed by atoms with E-state index in [1.54, 1.807) is 0 Å². The standard InChI is InChI=1S/C17H16N6O2S2/c1-27(24,25)23-3-2-12-13(8-23)26-17-15(12)16(20-9-21-17)22-14-4-10-5-18-6-11(10)7-19-14/h4-5,7,9H,2-3,6,8H2,1H3,(H,19,20,21,22). The Morgan fingerprint density at radius 3 is 3.00 bits per heavy atom. The highest BCUT2D eigenvalue weighted by molar-refractivity contribution is 7.88. The highest BCUT2D eigenvalue weighted by Crippen LogP contribution is 2.38. The number of pyridine rings is 1. The van der Waals surface area contributed by atoms with Crippen molar-refractivity contribution >= 4 is 49.4 Å². The second-order valence-corrected chi connectivity index (χ2v) is 9.68. The number of sulfonamides is 1. The number of nitrogens with one attached hydrogen (secondary N) is 1. The molecule has 2 aliphatic rings. The molecule has 8 nitrogen and oxygen atoms in total. The van der Waals surface area contributed by atoms with Gasteiger partial charge in [0.1, 0.15) is 22.8 Å². The SMILES string of the molecule is CS(=O)(=O)N1CCc2c(sc3ncnc(Nc4cc5c(cn4)CN=C5)c23)C1. The minimum atomic E-state index is -3.20. The van der Waals surface area contributed by atoms with Crippen LogP contribution in [0.5, 0.6) is 0 Å². The van der Waals surface area contributed by atoms with Gasteiger partial charge in [0.05, 0.1) is 18.2 Å². The van der Waals surface area contributed by atoms with Crippen LogP contribution < -0.4 is 5.32 Å². The Morgan fingerprint density at radius 2 is 2.15 bits per heavy atom. The van der Waals surface area contributed by atoms with Crippen LogP contribution in [0.4, 0.5) is 11.6 Å². The van der Waals surface area contributed by atoms with E-state index in [0.717, 1.165) is 31.8 Å². The lowest BCUT2D eigenvalue weighted by Gasteiger charge is -2.24. The van der Waals surface area contributed by atoms with E-state index in [4.69, 9.17) is 0 Å². The molecule has 138 valence electrons. The molecule has 27 heavy (non-hydrogen) atoms. The molecular weight excluding hydrogens is 384 g/mol. The molecule has 5 rings (SSSR count). The summed E-state index contributed by atoms with van der Waals surface area (Å²) in [5.41, 5.74) is 3.30. The molecule has 0 bridgehead atoms. The summed E-state index contributed by atoms with van der Waals surface area (Å²) >= 11 is 1.53. The van der Waals surface area contributed by atoms with Crippen LogP contribution in [0.1, 0.15) is 21.6 Å². The molecule has 0 saturated carbocycles. The number of nitrogens with zero attached hydrogens (tertiary/aromatic N) is 5. The summed E-state index contributed by atoms with van der Waals surface area (Å²) in [6, 6.07) is 1.96. The van der Waals surface area contributed by atoms with Crippen molar-refractivity contribution in [2.45, 2.75) is 19.5 Å². The van der Waals surface area contributed by atoms with Crippen molar-refractivity contribution in [1.82, 2.24) is 19.3 Å². The average molecular weight is 400 g/mol. The molecule has 3 aromatic rings. The van der Waals surface area contributed by atoms with E-state index in [-0.39, 0.29) is 0 Å². The third-order valence-corrected chi connectivity index (χ3v) is 7.21. The predicted molar refractivity (Wildman–Crippen MR) is 105 cm³/mol. The van der Waals surface area contributed by atoms with E-state index in [1.807, 2.05) is 18.5 Å². The smallest absolute Gasteiger partial charge is 0.211 e. The molecule has 2 aliphatic heterocycles. The number of hydrogen-bond acceptors (Lipinski definition) is 8. The highest BCUT2D eigenvalue weighted by atomic mass is 32.2. The average Bonchev–Trinajstić information content (AvgIpc) is 3.24. The fourth-order valence-corrected chi connectivity index (χ4v) is 5.54. The van der Waals surface area contributed by atoms with Crippen molar-refractivity contribution in [1.29, 1.82) is 0 Å². The molecule has 0 unspecified atom stereocenters. The molecule has 3 aromatic heterocycles. The fourth-order valence-electron chi connectivity index (χ4n) is 3.47. The Bertz CT molecular complexity index is 1200. The van der Waals surface area contributed by atoms with Crippen LogP contribution in [0.2, 0.25) is 0 Å². The van der Waals surface area contributed by atoms with Gasteiger partial charge in [-0.2, -0.15) is 4.31 Å². The summed E-state index contributed by atoms with van der Waals surface area (Å²) in [4.78, 5) is 19.4. The Labute approximate surface area is 160 Å². The molecule has 0 spiro atoms. The molecule has 0 aliphatic carbocycles. The molecule has 0 radical (unpaired) electrons. The number of hydrogen-bond donors (Lipinski definition) is 1. The zero-order valence-electron chi connectivity index (χ0n) is 14.5. The molecule has 10 heteroatoms. The third kappa shape index (κ3) is 2.89. The highest BCUT2D eigenvalue weighted by Gasteiger charge is 2.28. The van der Waals surface area contributed by atoms with Gasteiger partial charge in [0.2, 0.25) is 10.0 Å². The second kappa shape index (κ2) is 6.04. The van der Waals surface area contributed by atoms with Crippen LogP contribution in [0.25, 0.3) is 10.2 Å². The lowest BCUT2D eigenvalue weighted by Crippen LogP contribution is -2.34. The van der Waals surface area contributed by atoms with Gasteiger partial charge in [-0.05, 0) is 18.1 Å². The van der Waals surface area contributed by atoms with Crippen molar-refractivity contribution in [2.24, 2.45) is 4.99 Å². The summed E-state index contributed by atoms with van der Waals surface area (Å²) < 4.78 is 25.3. The molecule has 0 fully saturated rings. The zero-order valence-corrected chi connectivity index (χ0v) is 16.1. The van der Waals surface area contributed by atoms with E-state index in [2.05, 4.69) is 25.3 Å². The topological polar surface area (TPSA) is 100 Å². The Balaban J connectivity index is 1.55. The minimum Gasteiger partial charge on any atom is -0.324 e. The summed E-state index contributed by atoms with van der Waals surface area (Å²) in [6.45, 7) is 1.54. The first-order valence-electron chi connectivity index (χ1n) is 8.45. The van der Waals surface area contributed by atoms with Crippen LogP contribution in [0, 0.1) is 0 Å². The third-order valence-electron chi connectivity index (χ3n) is 4.83. The van der Waals surface area contributed by atoms with Gasteiger partial charge in [-0.1, -0.05) is 0 Å². The van der Waals surface area contributed by atoms with Crippen molar-refractivity contribution in [3.05, 3.63) is 40.2 Å². The first kappa shape index (κ1) is 16.7. The van der Waals surface area contributed by atoms with Gasteiger partial charge >= 0.3 is 0 Å². The first-order valence-corrected chi connectivity index (χ1v) is 11.1. The van der Waals surface area contributed by atoms with Gasteiger partial charge in [-0.3, -0.25) is 4.99 Å². The molecule has 0 amide bonds. The summed E-state index contributed by atoms with van der Waals surface area (Å²) in [7, 11) is -3.20. The normalized spacial score (nSPS) is 16.5. The summed E-state index contributed by atoms with van der Waals surface area (Å²) in [5.74, 6) is 1.41. The lowest BCUT2D eigenvalue weighted by atomic mass is 10.1. The van der Waals surface area contributed by atoms with Crippen molar-refractivity contribution in [3.63, 3.8) is 0 Å². The number of aliphatic imine (C=N–C) groups is 1. The second-order valence-electron chi connectivity index (χ2n) is 6.62. The van der Waals surface area contributed by atoms with E-state index < -0.39 is 10.0 Å². The van der Waals surface area contributed by atoms with Gasteiger partial charge in [0.15, 0.2) is 0 Å². The zero-order chi connectivity index (χ0) is 18.6. The van der Waals surface area contributed by atoms with Gasteiger partial charge in [0, 0.05) is 41.5 Å². The molecule has 0 saturated heterocycles. The molecule has 1 N–H and O–H groups in total. The molecule has 0 atom stereocenters. The molecule has 0 aromatic carbocycles. The quantitative estimate of drug-likeness (QED) is 0.722. The van der Waals surface area contributed by atoms with Crippen molar-refractivity contribution in [2.75, 3.05) is 18.1 Å².